The van der Waals surface area contributed by atoms with Crippen LogP contribution in [0.2, 0.25) is 0 Å². The molecule has 0 saturated heterocycles. The lowest BCUT2D eigenvalue weighted by Gasteiger charge is -2.30. The van der Waals surface area contributed by atoms with E-state index in [0.29, 0.717) is 17.7 Å². The van der Waals surface area contributed by atoms with Crippen LogP contribution < -0.4 is 10.1 Å². The van der Waals surface area contributed by atoms with E-state index in [0.717, 1.165) is 16.7 Å². The van der Waals surface area contributed by atoms with Crippen LogP contribution >= 0.6 is 15.2 Å². The molecule has 11 nitrogen and oxygen atoms in total. The van der Waals surface area contributed by atoms with E-state index in [4.69, 9.17) is 4.74 Å². The Balaban J connectivity index is 1.91. The molecule has 0 aliphatic carbocycles. The zero-order valence-electron chi connectivity index (χ0n) is 19.0. The fraction of sp³-hybridized carbons (Fsp3) is 0.318. The SMILES string of the molecule is CCC1=C(c2ccc(O)cc2)C(C)Oc2cc(O)c(NC(=O)CCC(P(=O)(O)O)P(=O)(O)O)cc21. The Labute approximate surface area is 201 Å². The Morgan fingerprint density at radius 1 is 1.06 bits per heavy atom. The number of hydrogen-bond donors (Lipinski definition) is 7. The maximum Gasteiger partial charge on any atom is 0.340 e. The van der Waals surface area contributed by atoms with Crippen molar-refractivity contribution in [2.45, 2.75) is 44.6 Å². The van der Waals surface area contributed by atoms with Crippen molar-refractivity contribution in [3.8, 4) is 17.2 Å². The van der Waals surface area contributed by atoms with Gasteiger partial charge in [0, 0.05) is 23.6 Å². The molecule has 2 aromatic carbocycles. The van der Waals surface area contributed by atoms with Crippen molar-refractivity contribution >= 4 is 37.9 Å². The number of aromatic hydroxyl groups is 2. The first kappa shape index (κ1) is 26.9. The van der Waals surface area contributed by atoms with Gasteiger partial charge in [-0.25, -0.2) is 0 Å². The molecule has 1 aliphatic rings. The maximum absolute atomic E-state index is 12.4. The summed E-state index contributed by atoms with van der Waals surface area (Å²) in [6, 6.07) is 9.49. The topological polar surface area (TPSA) is 194 Å². The lowest BCUT2D eigenvalue weighted by Crippen LogP contribution is -2.21. The molecule has 3 rings (SSSR count). The molecule has 0 spiro atoms. The number of phenols is 2. The van der Waals surface area contributed by atoms with Crippen molar-refractivity contribution in [3.63, 3.8) is 0 Å². The van der Waals surface area contributed by atoms with Crippen LogP contribution in [0.5, 0.6) is 17.2 Å². The third-order valence-corrected chi connectivity index (χ3v) is 9.54. The van der Waals surface area contributed by atoms with E-state index in [-0.39, 0.29) is 23.3 Å². The summed E-state index contributed by atoms with van der Waals surface area (Å²) in [4.78, 5) is 49.3. The van der Waals surface area contributed by atoms with Gasteiger partial charge in [0.2, 0.25) is 5.91 Å². The third kappa shape index (κ3) is 6.13. The smallest absolute Gasteiger partial charge is 0.340 e. The molecular formula is C22H27NO10P2. The zero-order chi connectivity index (χ0) is 26.1. The summed E-state index contributed by atoms with van der Waals surface area (Å²) in [5.74, 6) is -0.588. The number of hydrogen-bond acceptors (Lipinski definition) is 6. The predicted molar refractivity (Wildman–Crippen MR) is 129 cm³/mol. The summed E-state index contributed by atoms with van der Waals surface area (Å²) in [5, 5.41) is 20.2. The fourth-order valence-corrected chi connectivity index (χ4v) is 6.58. The number of benzene rings is 2. The maximum atomic E-state index is 12.4. The summed E-state index contributed by atoms with van der Waals surface area (Å²) in [5.41, 5.74) is 3.21. The first-order chi connectivity index (χ1) is 16.2. The standard InChI is InChI=1S/C22H27NO10P2/c1-3-15-16-10-17(23-20(26)8-9-21(34(27,28)29)35(30,31)32)18(25)11-19(16)33-12(2)22(15)13-4-6-14(24)7-5-13/h4-7,10-12,21,24-25H,3,8-9H2,1-2H3,(H,23,26)(H2,27,28,29)(H2,30,31,32). The van der Waals surface area contributed by atoms with Gasteiger partial charge >= 0.3 is 15.2 Å². The second kappa shape index (κ2) is 10.1. The number of fused-ring (bicyclic) bond motifs is 1. The second-order valence-corrected chi connectivity index (χ2v) is 12.2. The summed E-state index contributed by atoms with van der Waals surface area (Å²) < 4.78 is 28.8. The third-order valence-electron chi connectivity index (χ3n) is 5.67. The summed E-state index contributed by atoms with van der Waals surface area (Å²) in [7, 11) is -10.3. The monoisotopic (exact) mass is 527 g/mol. The van der Waals surface area contributed by atoms with Crippen LogP contribution in [0.15, 0.2) is 36.4 Å². The van der Waals surface area contributed by atoms with Crippen molar-refractivity contribution in [1.29, 1.82) is 0 Å². The van der Waals surface area contributed by atoms with Gasteiger partial charge in [0.05, 0.1) is 5.69 Å². The Morgan fingerprint density at radius 2 is 1.66 bits per heavy atom. The molecule has 0 bridgehead atoms. The van der Waals surface area contributed by atoms with E-state index in [1.54, 1.807) is 24.3 Å². The molecule has 7 N–H and O–H groups in total. The van der Waals surface area contributed by atoms with Gasteiger partial charge in [0.15, 0.2) is 5.40 Å². The van der Waals surface area contributed by atoms with Gasteiger partial charge in [0.25, 0.3) is 0 Å². The van der Waals surface area contributed by atoms with Gasteiger partial charge in [0.1, 0.15) is 23.4 Å². The van der Waals surface area contributed by atoms with Crippen LogP contribution in [0.1, 0.15) is 44.2 Å². The number of allylic oxidation sites excluding steroid dienone is 1. The van der Waals surface area contributed by atoms with Crippen LogP contribution in [-0.4, -0.2) is 47.2 Å². The van der Waals surface area contributed by atoms with Gasteiger partial charge < -0.3 is 39.8 Å². The van der Waals surface area contributed by atoms with Gasteiger partial charge in [-0.15, -0.1) is 0 Å². The van der Waals surface area contributed by atoms with Gasteiger partial charge in [-0.1, -0.05) is 19.1 Å². The molecule has 0 saturated carbocycles. The molecule has 2 aromatic rings. The number of ether oxygens (including phenoxy) is 1. The van der Waals surface area contributed by atoms with Crippen molar-refractivity contribution in [2.75, 3.05) is 5.32 Å². The molecule has 0 aromatic heterocycles. The minimum Gasteiger partial charge on any atom is -0.508 e. The number of carbonyl (C=O) groups excluding carboxylic acids is 1. The minimum atomic E-state index is -5.15. The quantitative estimate of drug-likeness (QED) is 0.197. The Bertz CT molecular complexity index is 1220. The molecule has 1 atom stereocenters. The first-order valence-electron chi connectivity index (χ1n) is 10.7. The molecule has 13 heteroatoms. The summed E-state index contributed by atoms with van der Waals surface area (Å²) >= 11 is 0. The summed E-state index contributed by atoms with van der Waals surface area (Å²) in [6.07, 6.45) is -1.13. The number of rotatable bonds is 8. The molecule has 1 aliphatic heterocycles. The van der Waals surface area contributed by atoms with Gasteiger partial charge in [-0.3, -0.25) is 13.9 Å². The highest BCUT2D eigenvalue weighted by atomic mass is 31.2. The molecule has 1 amide bonds. The van der Waals surface area contributed by atoms with Crippen molar-refractivity contribution < 1.29 is 48.4 Å². The Kier molecular flexibility index (Phi) is 7.81. The molecule has 1 heterocycles. The lowest BCUT2D eigenvalue weighted by atomic mass is 9.87. The van der Waals surface area contributed by atoms with Crippen LogP contribution in [0.25, 0.3) is 11.1 Å². The van der Waals surface area contributed by atoms with E-state index >= 15 is 0 Å². The van der Waals surface area contributed by atoms with Crippen LogP contribution in [0, 0.1) is 0 Å². The molecule has 1 unspecified atom stereocenters. The fourth-order valence-electron chi connectivity index (χ4n) is 4.08. The highest BCUT2D eigenvalue weighted by Crippen LogP contribution is 2.61. The average molecular weight is 527 g/mol. The highest BCUT2D eigenvalue weighted by Gasteiger charge is 2.43. The van der Waals surface area contributed by atoms with E-state index in [9.17, 15) is 43.7 Å². The minimum absolute atomic E-state index is 0.00631. The van der Waals surface area contributed by atoms with Crippen LogP contribution in [0.3, 0.4) is 0 Å². The number of phenolic OH excluding ortho intramolecular Hbond substituents is 2. The van der Waals surface area contributed by atoms with Gasteiger partial charge in [-0.2, -0.15) is 0 Å². The van der Waals surface area contributed by atoms with E-state index < -0.39 is 39.3 Å². The first-order valence-corrected chi connectivity index (χ1v) is 14.1. The number of anilines is 1. The zero-order valence-corrected chi connectivity index (χ0v) is 20.7. The van der Waals surface area contributed by atoms with Crippen molar-refractivity contribution in [3.05, 3.63) is 47.5 Å². The van der Waals surface area contributed by atoms with Crippen molar-refractivity contribution in [2.24, 2.45) is 0 Å². The number of nitrogens with one attached hydrogen (secondary N) is 1. The van der Waals surface area contributed by atoms with Crippen LogP contribution in [0.4, 0.5) is 5.69 Å². The number of amides is 1. The van der Waals surface area contributed by atoms with Gasteiger partial charge in [-0.05, 0) is 49.1 Å². The molecule has 35 heavy (non-hydrogen) atoms. The number of carbonyl (C=O) groups is 1. The van der Waals surface area contributed by atoms with E-state index in [1.165, 1.54) is 12.1 Å². The molecule has 0 radical (unpaired) electrons. The van der Waals surface area contributed by atoms with E-state index in [1.807, 2.05) is 13.8 Å². The highest BCUT2D eigenvalue weighted by molar-refractivity contribution is 7.70. The average Bonchev–Trinajstić information content (AvgIpc) is 2.72. The van der Waals surface area contributed by atoms with E-state index in [2.05, 4.69) is 5.32 Å². The molecular weight excluding hydrogens is 500 g/mol. The Morgan fingerprint density at radius 3 is 2.20 bits per heavy atom. The van der Waals surface area contributed by atoms with Crippen LogP contribution in [-0.2, 0) is 13.9 Å². The largest absolute Gasteiger partial charge is 0.508 e. The second-order valence-electron chi connectivity index (χ2n) is 8.16. The molecule has 190 valence electrons. The normalized spacial score (nSPS) is 16.1. The predicted octanol–water partition coefficient (Wildman–Crippen LogP) is 3.60. The summed E-state index contributed by atoms with van der Waals surface area (Å²) in [6.45, 7) is 3.79. The Hall–Kier alpha value is -2.65. The van der Waals surface area contributed by atoms with Crippen molar-refractivity contribution in [1.82, 2.24) is 0 Å². The lowest BCUT2D eigenvalue weighted by molar-refractivity contribution is -0.116. The molecule has 0 fully saturated rings.